The summed E-state index contributed by atoms with van der Waals surface area (Å²) in [5.41, 5.74) is 1.41. The summed E-state index contributed by atoms with van der Waals surface area (Å²) in [6.07, 6.45) is 2.26. The van der Waals surface area contributed by atoms with Gasteiger partial charge in [0.1, 0.15) is 41.3 Å². The van der Waals surface area contributed by atoms with E-state index in [2.05, 4.69) is 10.6 Å². The number of likely N-dealkylation sites (tertiary alicyclic amines) is 1. The van der Waals surface area contributed by atoms with Gasteiger partial charge in [0.05, 0.1) is 24.9 Å². The number of ether oxygens (including phenoxy) is 3. The summed E-state index contributed by atoms with van der Waals surface area (Å²) < 4.78 is 17.5. The van der Waals surface area contributed by atoms with Gasteiger partial charge in [-0.1, -0.05) is 69.9 Å². The van der Waals surface area contributed by atoms with Crippen molar-refractivity contribution in [3.8, 4) is 22.8 Å². The van der Waals surface area contributed by atoms with Gasteiger partial charge in [0.2, 0.25) is 11.8 Å². The molecule has 2 heterocycles. The van der Waals surface area contributed by atoms with E-state index in [1.165, 1.54) is 4.90 Å². The van der Waals surface area contributed by atoms with Crippen LogP contribution < -0.4 is 20.1 Å². The average Bonchev–Trinajstić information content (AvgIpc) is 3.50. The second-order valence-corrected chi connectivity index (χ2v) is 13.6. The number of hydrogen-bond acceptors (Lipinski definition) is 8. The van der Waals surface area contributed by atoms with E-state index < -0.39 is 53.7 Å². The zero-order valence-corrected chi connectivity index (χ0v) is 29.9. The summed E-state index contributed by atoms with van der Waals surface area (Å²) in [5.74, 6) is -1.07. The lowest BCUT2D eigenvalue weighted by Crippen LogP contribution is -2.55. The maximum Gasteiger partial charge on any atom is 0.408 e. The van der Waals surface area contributed by atoms with Crippen molar-refractivity contribution in [2.75, 3.05) is 13.7 Å². The highest BCUT2D eigenvalue weighted by Crippen LogP contribution is 2.35. The molecule has 0 unspecified atom stereocenters. The lowest BCUT2D eigenvalue weighted by molar-refractivity contribution is -0.144. The summed E-state index contributed by atoms with van der Waals surface area (Å²) in [5, 5.41) is 15.9. The van der Waals surface area contributed by atoms with Crippen molar-refractivity contribution in [2.24, 2.45) is 0 Å². The number of nitrogens with one attached hydrogen (secondary N) is 2. The number of aliphatic carboxylic acids is 1. The van der Waals surface area contributed by atoms with Crippen LogP contribution in [0.4, 0.5) is 4.79 Å². The Labute approximate surface area is 293 Å². The molecule has 1 saturated heterocycles. The summed E-state index contributed by atoms with van der Waals surface area (Å²) >= 11 is 0. The Balaban J connectivity index is 1.70. The third kappa shape index (κ3) is 10.1. The van der Waals surface area contributed by atoms with Crippen LogP contribution in [-0.4, -0.2) is 82.4 Å². The molecule has 3 amide bonds. The summed E-state index contributed by atoms with van der Waals surface area (Å²) in [4.78, 5) is 59.2. The molecule has 4 atom stereocenters. The number of hydrogen-bond donors (Lipinski definition) is 3. The molecule has 3 N–H and O–H groups in total. The number of carboxylic acids is 1. The van der Waals surface area contributed by atoms with E-state index in [-0.39, 0.29) is 19.4 Å². The van der Waals surface area contributed by atoms with Crippen molar-refractivity contribution < 1.29 is 38.5 Å². The molecule has 2 aromatic carbocycles. The molecule has 0 spiro atoms. The molecule has 12 nitrogen and oxygen atoms in total. The highest BCUT2D eigenvalue weighted by Gasteiger charge is 2.44. The number of nitrogens with zero attached hydrogens (tertiary/aromatic N) is 2. The monoisotopic (exact) mass is 690 g/mol. The number of benzene rings is 2. The molecule has 4 rings (SSSR count). The topological polar surface area (TPSA) is 156 Å². The van der Waals surface area contributed by atoms with Gasteiger partial charge in [0.25, 0.3) is 0 Å². The molecular weight excluding hydrogens is 640 g/mol. The van der Waals surface area contributed by atoms with Crippen molar-refractivity contribution >= 4 is 34.8 Å². The number of carboxylic acid groups (broad SMARTS) is 1. The van der Waals surface area contributed by atoms with E-state index in [4.69, 9.17) is 19.2 Å². The number of methoxy groups -OCH3 is 1. The number of unbranched alkanes of at least 4 members (excludes halogenated alkanes) is 2. The highest BCUT2D eigenvalue weighted by atomic mass is 16.6. The fraction of sp³-hybridized carbons (Fsp3) is 0.500. The van der Waals surface area contributed by atoms with E-state index in [0.717, 1.165) is 18.4 Å². The third-order valence-corrected chi connectivity index (χ3v) is 8.47. The van der Waals surface area contributed by atoms with E-state index in [0.29, 0.717) is 47.4 Å². The normalized spacial score (nSPS) is 17.1. The molecule has 1 aliphatic heterocycles. The molecular formula is C38H50N4O8. The molecule has 50 heavy (non-hydrogen) atoms. The van der Waals surface area contributed by atoms with Crippen molar-refractivity contribution in [3.63, 3.8) is 0 Å². The molecule has 1 aromatic heterocycles. The Morgan fingerprint density at radius 3 is 2.34 bits per heavy atom. The van der Waals surface area contributed by atoms with Crippen molar-refractivity contribution in [3.05, 3.63) is 54.6 Å². The number of carbonyl (C=O) groups is 4. The molecule has 0 aliphatic carbocycles. The Morgan fingerprint density at radius 2 is 1.70 bits per heavy atom. The minimum Gasteiger partial charge on any atom is -0.497 e. The predicted molar refractivity (Wildman–Crippen MR) is 190 cm³/mol. The number of fused-ring (bicyclic) bond motifs is 1. The van der Waals surface area contributed by atoms with Crippen molar-refractivity contribution in [1.29, 1.82) is 0 Å². The van der Waals surface area contributed by atoms with Gasteiger partial charge in [-0.25, -0.2) is 14.6 Å². The van der Waals surface area contributed by atoms with Crippen LogP contribution in [0, 0.1) is 0 Å². The fourth-order valence-corrected chi connectivity index (χ4v) is 6.03. The quantitative estimate of drug-likeness (QED) is 0.160. The Morgan fingerprint density at radius 1 is 0.960 bits per heavy atom. The maximum atomic E-state index is 14.3. The number of alkyl carbamates (subject to hydrolysis) is 1. The molecule has 0 saturated carbocycles. The van der Waals surface area contributed by atoms with Gasteiger partial charge in [-0.15, -0.1) is 0 Å². The van der Waals surface area contributed by atoms with E-state index in [1.54, 1.807) is 27.9 Å². The molecule has 1 aliphatic rings. The molecule has 12 heteroatoms. The van der Waals surface area contributed by atoms with E-state index in [1.807, 2.05) is 68.4 Å². The third-order valence-electron chi connectivity index (χ3n) is 8.47. The summed E-state index contributed by atoms with van der Waals surface area (Å²) in [6, 6.07) is 13.8. The van der Waals surface area contributed by atoms with Gasteiger partial charge in [0.15, 0.2) is 0 Å². The van der Waals surface area contributed by atoms with Gasteiger partial charge in [0, 0.05) is 29.5 Å². The number of pyridine rings is 1. The Kier molecular flexibility index (Phi) is 13.0. The minimum absolute atomic E-state index is 0.0311. The van der Waals surface area contributed by atoms with E-state index >= 15 is 0 Å². The van der Waals surface area contributed by atoms with Crippen LogP contribution in [0.1, 0.15) is 79.6 Å². The highest BCUT2D eigenvalue weighted by molar-refractivity contribution is 5.94. The van der Waals surface area contributed by atoms with Crippen LogP contribution in [0.5, 0.6) is 11.5 Å². The van der Waals surface area contributed by atoms with Crippen molar-refractivity contribution in [1.82, 2.24) is 20.5 Å². The van der Waals surface area contributed by atoms with Crippen LogP contribution in [-0.2, 0) is 19.1 Å². The van der Waals surface area contributed by atoms with Gasteiger partial charge in [-0.2, -0.15) is 0 Å². The number of aromatic nitrogens is 1. The fourth-order valence-electron chi connectivity index (χ4n) is 6.03. The molecule has 270 valence electrons. The Hall–Kier alpha value is -4.87. The molecule has 1 fully saturated rings. The van der Waals surface area contributed by atoms with Crippen LogP contribution in [0.3, 0.4) is 0 Å². The van der Waals surface area contributed by atoms with Gasteiger partial charge < -0.3 is 34.9 Å². The van der Waals surface area contributed by atoms with Crippen LogP contribution >= 0.6 is 0 Å². The van der Waals surface area contributed by atoms with E-state index in [9.17, 15) is 24.3 Å². The first-order valence-corrected chi connectivity index (χ1v) is 17.4. The largest absolute Gasteiger partial charge is 0.497 e. The molecule has 0 radical (unpaired) electrons. The van der Waals surface area contributed by atoms with Gasteiger partial charge in [-0.05, 0) is 45.7 Å². The summed E-state index contributed by atoms with van der Waals surface area (Å²) in [6.45, 7) is 9.11. The van der Waals surface area contributed by atoms with Crippen LogP contribution in [0.25, 0.3) is 22.2 Å². The van der Waals surface area contributed by atoms with Crippen LogP contribution in [0.15, 0.2) is 54.6 Å². The molecule has 3 aromatic rings. The number of rotatable bonds is 15. The first kappa shape index (κ1) is 37.9. The molecule has 0 bridgehead atoms. The number of amides is 3. The number of carbonyl (C=O) groups excluding carboxylic acids is 3. The summed E-state index contributed by atoms with van der Waals surface area (Å²) in [7, 11) is 1.58. The lowest BCUT2D eigenvalue weighted by atomic mass is 10.1. The zero-order chi connectivity index (χ0) is 36.4. The lowest BCUT2D eigenvalue weighted by Gasteiger charge is -2.30. The minimum atomic E-state index is -1.15. The second-order valence-electron chi connectivity index (χ2n) is 13.6. The second kappa shape index (κ2) is 17.2. The SMILES string of the molecule is CCCCC[C@H](NC(=O)OC(C)(C)C)C(=O)N1C[C@H](Oc2cc(-c3ccccc3)nc3cc(OC)ccc23)C[C@H]1C(=O)N[C@@H](CCC)C(=O)O. The average molecular weight is 691 g/mol. The predicted octanol–water partition coefficient (Wildman–Crippen LogP) is 6.10. The van der Waals surface area contributed by atoms with Crippen LogP contribution in [0.2, 0.25) is 0 Å². The van der Waals surface area contributed by atoms with Gasteiger partial charge in [-0.3, -0.25) is 9.59 Å². The first-order valence-electron chi connectivity index (χ1n) is 17.4. The smallest absolute Gasteiger partial charge is 0.408 e. The first-order chi connectivity index (χ1) is 23.8. The Bertz CT molecular complexity index is 1640. The maximum absolute atomic E-state index is 14.3. The van der Waals surface area contributed by atoms with Crippen molar-refractivity contribution in [2.45, 2.75) is 109 Å². The van der Waals surface area contributed by atoms with Gasteiger partial charge >= 0.3 is 12.1 Å². The standard InChI is InChI=1S/C38H50N4O8/c1-7-9-11-17-28(41-37(47)50-38(3,4)5)35(44)42-23-26(21-32(42)34(43)40-29(14-8-2)36(45)46)49-33-22-30(24-15-12-10-13-16-24)39-31-20-25(48-6)18-19-27(31)33/h10,12-13,15-16,18-20,22,26,28-29,32H,7-9,11,14,17,21,23H2,1-6H3,(H,40,43)(H,41,47)(H,45,46)/t26-,28+,29+,32+/m1/s1. The zero-order valence-electron chi connectivity index (χ0n) is 29.9.